The van der Waals surface area contributed by atoms with Crippen LogP contribution in [0.5, 0.6) is 0 Å². The summed E-state index contributed by atoms with van der Waals surface area (Å²) in [7, 11) is 0. The molecule has 0 saturated carbocycles. The minimum atomic E-state index is -0.192. The number of furan rings is 1. The van der Waals surface area contributed by atoms with Gasteiger partial charge in [-0.2, -0.15) is 0 Å². The highest BCUT2D eigenvalue weighted by atomic mass is 35.5. The zero-order valence-corrected chi connectivity index (χ0v) is 18.1. The van der Waals surface area contributed by atoms with Crippen LogP contribution in [0.15, 0.2) is 46.2 Å². The molecule has 0 fully saturated rings. The molecule has 0 aliphatic rings. The Morgan fingerprint density at radius 3 is 2.62 bits per heavy atom. The SMILES string of the molecule is Cc1cc2oc(C(=O)NCCc3csc(-c4ccc(Cl)cc4)n3)c(C)c2cc1C. The monoisotopic (exact) mass is 424 g/mol. The van der Waals surface area contributed by atoms with E-state index in [-0.39, 0.29) is 5.91 Å². The minimum Gasteiger partial charge on any atom is -0.451 e. The van der Waals surface area contributed by atoms with Crippen LogP contribution >= 0.6 is 22.9 Å². The Hall–Kier alpha value is -2.63. The van der Waals surface area contributed by atoms with Gasteiger partial charge in [0.15, 0.2) is 5.76 Å². The molecule has 2 aromatic heterocycles. The summed E-state index contributed by atoms with van der Waals surface area (Å²) in [6.07, 6.45) is 0.660. The summed E-state index contributed by atoms with van der Waals surface area (Å²) in [4.78, 5) is 17.3. The summed E-state index contributed by atoms with van der Waals surface area (Å²) in [5.41, 5.74) is 5.96. The first kappa shape index (κ1) is 19.7. The van der Waals surface area contributed by atoms with Gasteiger partial charge in [-0.05, 0) is 56.2 Å². The number of halogens is 1. The van der Waals surface area contributed by atoms with Gasteiger partial charge in [-0.1, -0.05) is 23.7 Å². The number of nitrogens with zero attached hydrogens (tertiary/aromatic N) is 1. The van der Waals surface area contributed by atoms with Crippen LogP contribution in [0.2, 0.25) is 5.02 Å². The highest BCUT2D eigenvalue weighted by Gasteiger charge is 2.18. The fraction of sp³-hybridized carbons (Fsp3) is 0.217. The van der Waals surface area contributed by atoms with E-state index in [4.69, 9.17) is 16.0 Å². The van der Waals surface area contributed by atoms with E-state index in [2.05, 4.69) is 23.3 Å². The maximum atomic E-state index is 12.6. The van der Waals surface area contributed by atoms with Crippen LogP contribution in [0, 0.1) is 20.8 Å². The number of thiazole rings is 1. The normalized spacial score (nSPS) is 11.2. The van der Waals surface area contributed by atoms with Crippen molar-refractivity contribution in [3.63, 3.8) is 0 Å². The molecule has 2 aromatic carbocycles. The van der Waals surface area contributed by atoms with Gasteiger partial charge in [-0.25, -0.2) is 4.98 Å². The fourth-order valence-corrected chi connectivity index (χ4v) is 4.21. The molecule has 0 saturated heterocycles. The van der Waals surface area contributed by atoms with Gasteiger partial charge in [0, 0.05) is 39.9 Å². The maximum absolute atomic E-state index is 12.6. The average molecular weight is 425 g/mol. The Morgan fingerprint density at radius 1 is 1.14 bits per heavy atom. The topological polar surface area (TPSA) is 55.1 Å². The van der Waals surface area contributed by atoms with E-state index in [1.165, 1.54) is 5.56 Å². The fourth-order valence-electron chi connectivity index (χ4n) is 3.22. The molecule has 1 N–H and O–H groups in total. The molecule has 0 bridgehead atoms. The zero-order valence-electron chi connectivity index (χ0n) is 16.5. The summed E-state index contributed by atoms with van der Waals surface area (Å²) in [6, 6.07) is 11.7. The number of hydrogen-bond acceptors (Lipinski definition) is 4. The van der Waals surface area contributed by atoms with E-state index in [1.807, 2.05) is 49.6 Å². The molecule has 0 unspecified atom stereocenters. The van der Waals surface area contributed by atoms with Crippen LogP contribution in [0.3, 0.4) is 0 Å². The molecule has 0 aliphatic heterocycles. The summed E-state index contributed by atoms with van der Waals surface area (Å²) in [5.74, 6) is 0.187. The molecule has 4 rings (SSSR count). The van der Waals surface area contributed by atoms with E-state index < -0.39 is 0 Å². The molecule has 148 valence electrons. The largest absolute Gasteiger partial charge is 0.451 e. The number of amides is 1. The van der Waals surface area contributed by atoms with Gasteiger partial charge < -0.3 is 9.73 Å². The van der Waals surface area contributed by atoms with Crippen LogP contribution in [-0.2, 0) is 6.42 Å². The van der Waals surface area contributed by atoms with Gasteiger partial charge in [0.05, 0.1) is 5.69 Å². The Morgan fingerprint density at radius 2 is 1.86 bits per heavy atom. The van der Waals surface area contributed by atoms with E-state index in [1.54, 1.807) is 11.3 Å². The first-order valence-electron chi connectivity index (χ1n) is 9.41. The number of carbonyl (C=O) groups excluding carboxylic acids is 1. The Bertz CT molecular complexity index is 1190. The molecule has 2 heterocycles. The Kier molecular flexibility index (Phi) is 5.43. The van der Waals surface area contributed by atoms with Gasteiger partial charge in [-0.3, -0.25) is 4.79 Å². The summed E-state index contributed by atoms with van der Waals surface area (Å²) >= 11 is 7.53. The zero-order chi connectivity index (χ0) is 20.5. The van der Waals surface area contributed by atoms with Crippen LogP contribution in [0.25, 0.3) is 21.5 Å². The van der Waals surface area contributed by atoms with Crippen molar-refractivity contribution in [1.29, 1.82) is 0 Å². The number of nitrogens with one attached hydrogen (secondary N) is 1. The quantitative estimate of drug-likeness (QED) is 0.420. The number of carbonyl (C=O) groups is 1. The van der Waals surface area contributed by atoms with Crippen molar-refractivity contribution in [2.45, 2.75) is 27.2 Å². The lowest BCUT2D eigenvalue weighted by Gasteiger charge is -2.02. The van der Waals surface area contributed by atoms with Gasteiger partial charge in [0.2, 0.25) is 0 Å². The molecular weight excluding hydrogens is 404 g/mol. The van der Waals surface area contributed by atoms with Gasteiger partial charge >= 0.3 is 0 Å². The number of hydrogen-bond donors (Lipinski definition) is 1. The predicted molar refractivity (Wildman–Crippen MR) is 119 cm³/mol. The van der Waals surface area contributed by atoms with Crippen LogP contribution in [0.1, 0.15) is 32.9 Å². The number of benzene rings is 2. The minimum absolute atomic E-state index is 0.192. The number of aryl methyl sites for hydroxylation is 3. The summed E-state index contributed by atoms with van der Waals surface area (Å²) < 4.78 is 5.83. The number of rotatable bonds is 5. The van der Waals surface area contributed by atoms with Gasteiger partial charge in [-0.15, -0.1) is 11.3 Å². The van der Waals surface area contributed by atoms with Crippen molar-refractivity contribution < 1.29 is 9.21 Å². The van der Waals surface area contributed by atoms with Crippen LogP contribution in [-0.4, -0.2) is 17.4 Å². The summed E-state index contributed by atoms with van der Waals surface area (Å²) in [5, 5.41) is 7.62. The van der Waals surface area contributed by atoms with Crippen molar-refractivity contribution in [2.75, 3.05) is 6.54 Å². The highest BCUT2D eigenvalue weighted by Crippen LogP contribution is 2.28. The van der Waals surface area contributed by atoms with Crippen molar-refractivity contribution in [3.05, 3.63) is 74.9 Å². The van der Waals surface area contributed by atoms with Crippen molar-refractivity contribution in [1.82, 2.24) is 10.3 Å². The lowest BCUT2D eigenvalue weighted by atomic mass is 10.1. The Balaban J connectivity index is 1.41. The standard InChI is InChI=1S/C23H21ClN2O2S/c1-13-10-19-15(3)21(28-20(19)11-14(13)2)22(27)25-9-8-18-12-29-23(26-18)16-4-6-17(24)7-5-16/h4-7,10-12H,8-9H2,1-3H3,(H,25,27). The van der Waals surface area contributed by atoms with Crippen molar-refractivity contribution >= 4 is 39.8 Å². The molecule has 4 aromatic rings. The molecule has 1 amide bonds. The van der Waals surface area contributed by atoms with Crippen molar-refractivity contribution in [3.8, 4) is 10.6 Å². The molecule has 29 heavy (non-hydrogen) atoms. The lowest BCUT2D eigenvalue weighted by molar-refractivity contribution is 0.0927. The van der Waals surface area contributed by atoms with E-state index in [9.17, 15) is 4.79 Å². The lowest BCUT2D eigenvalue weighted by Crippen LogP contribution is -2.25. The molecule has 6 heteroatoms. The second-order valence-electron chi connectivity index (χ2n) is 7.15. The third kappa shape index (κ3) is 4.07. The summed E-state index contributed by atoms with van der Waals surface area (Å²) in [6.45, 7) is 6.52. The second kappa shape index (κ2) is 8.01. The predicted octanol–water partition coefficient (Wildman–Crippen LogP) is 6.11. The Labute approximate surface area is 178 Å². The maximum Gasteiger partial charge on any atom is 0.287 e. The number of fused-ring (bicyclic) bond motifs is 1. The molecule has 4 nitrogen and oxygen atoms in total. The first-order valence-corrected chi connectivity index (χ1v) is 10.7. The average Bonchev–Trinajstić information content (AvgIpc) is 3.28. The van der Waals surface area contributed by atoms with Crippen LogP contribution in [0.4, 0.5) is 0 Å². The molecular formula is C23H21ClN2O2S. The molecule has 0 spiro atoms. The third-order valence-electron chi connectivity index (χ3n) is 5.07. The third-order valence-corrected chi connectivity index (χ3v) is 6.26. The van der Waals surface area contributed by atoms with E-state index in [0.717, 1.165) is 38.4 Å². The van der Waals surface area contributed by atoms with Crippen LogP contribution < -0.4 is 5.32 Å². The van der Waals surface area contributed by atoms with E-state index >= 15 is 0 Å². The first-order chi connectivity index (χ1) is 13.9. The van der Waals surface area contributed by atoms with Gasteiger partial charge in [0.1, 0.15) is 10.6 Å². The molecule has 0 atom stereocenters. The highest BCUT2D eigenvalue weighted by molar-refractivity contribution is 7.13. The number of aromatic nitrogens is 1. The second-order valence-corrected chi connectivity index (χ2v) is 8.44. The smallest absolute Gasteiger partial charge is 0.287 e. The van der Waals surface area contributed by atoms with Gasteiger partial charge in [0.25, 0.3) is 5.91 Å². The van der Waals surface area contributed by atoms with Crippen molar-refractivity contribution in [2.24, 2.45) is 0 Å². The van der Waals surface area contributed by atoms with E-state index in [0.29, 0.717) is 23.7 Å². The molecule has 0 aliphatic carbocycles. The molecule has 0 radical (unpaired) electrons.